The molecule has 2 aromatic carbocycles. The monoisotopic (exact) mass is 491 g/mol. The Hall–Kier alpha value is -2.96. The second-order valence-electron chi connectivity index (χ2n) is 10.9. The van der Waals surface area contributed by atoms with E-state index < -0.39 is 17.4 Å². The summed E-state index contributed by atoms with van der Waals surface area (Å²) in [5.41, 5.74) is 11.5. The Balaban J connectivity index is 2.00. The number of nitrogens with two attached hydrogens (primary N) is 1. The van der Waals surface area contributed by atoms with E-state index in [1.165, 1.54) is 11.1 Å². The molecule has 0 aliphatic rings. The molecule has 3 rings (SSSR count). The molecule has 1 aromatic heterocycles. The van der Waals surface area contributed by atoms with Crippen LogP contribution in [0.25, 0.3) is 10.9 Å². The molecule has 1 atom stereocenters. The van der Waals surface area contributed by atoms with E-state index in [-0.39, 0.29) is 12.3 Å². The van der Waals surface area contributed by atoms with Crippen LogP contribution in [0, 0.1) is 20.8 Å². The number of rotatable bonds is 9. The Labute approximate surface area is 215 Å². The molecule has 6 heteroatoms. The fraction of sp³-hybridized carbons (Fsp3) is 0.467. The highest BCUT2D eigenvalue weighted by Crippen LogP contribution is 2.39. The molecule has 0 amide bonds. The van der Waals surface area contributed by atoms with Gasteiger partial charge in [0.15, 0.2) is 0 Å². The van der Waals surface area contributed by atoms with Crippen LogP contribution in [0.5, 0.6) is 5.75 Å². The third-order valence-electron chi connectivity index (χ3n) is 6.81. The molecule has 0 aliphatic carbocycles. The summed E-state index contributed by atoms with van der Waals surface area (Å²) in [7, 11) is 4.11. The van der Waals surface area contributed by atoms with Crippen molar-refractivity contribution in [3.05, 3.63) is 64.3 Å². The van der Waals surface area contributed by atoms with E-state index >= 15 is 0 Å². The number of likely N-dealkylation sites (N-methyl/N-ethyl adjacent to an activating group) is 1. The summed E-state index contributed by atoms with van der Waals surface area (Å²) in [6.45, 7) is 12.9. The average Bonchev–Trinajstić information content (AvgIpc) is 3.13. The van der Waals surface area contributed by atoms with Crippen molar-refractivity contribution in [2.75, 3.05) is 20.6 Å². The quantitative estimate of drug-likeness (QED) is 0.324. The van der Waals surface area contributed by atoms with E-state index in [0.29, 0.717) is 12.2 Å². The molecule has 2 N–H and O–H groups in total. The zero-order valence-corrected chi connectivity index (χ0v) is 23.1. The smallest absolute Gasteiger partial charge is 0.328 e. The molecule has 36 heavy (non-hydrogen) atoms. The minimum atomic E-state index is -0.682. The molecular weight excluding hydrogens is 450 g/mol. The third-order valence-corrected chi connectivity index (χ3v) is 6.81. The van der Waals surface area contributed by atoms with E-state index in [4.69, 9.17) is 10.5 Å². The Bertz CT molecular complexity index is 1270. The second kappa shape index (κ2) is 11.0. The van der Waals surface area contributed by atoms with Crippen molar-refractivity contribution in [1.29, 1.82) is 0 Å². The lowest BCUT2D eigenvalue weighted by Gasteiger charge is -2.29. The maximum atomic E-state index is 13.8. The largest absolute Gasteiger partial charge is 0.425 e. The first kappa shape index (κ1) is 27.6. The maximum absolute atomic E-state index is 13.8. The van der Waals surface area contributed by atoms with Crippen LogP contribution in [-0.4, -0.2) is 48.0 Å². The average molecular weight is 492 g/mol. The number of ether oxygens (including phenoxy) is 1. The number of benzene rings is 2. The van der Waals surface area contributed by atoms with Crippen LogP contribution in [0.15, 0.2) is 36.5 Å². The van der Waals surface area contributed by atoms with E-state index in [1.807, 2.05) is 59.0 Å². The SMILES string of the molecule is CCC(N)C(=O)Oc1cc(C)cc(C)c1C(C)(C)CC(=O)n1cc(CCN(C)C)c2cc(C)ccc21. The van der Waals surface area contributed by atoms with Gasteiger partial charge in [0.2, 0.25) is 5.91 Å². The predicted octanol–water partition coefficient (Wildman–Crippen LogP) is 5.32. The van der Waals surface area contributed by atoms with Gasteiger partial charge in [0.1, 0.15) is 11.8 Å². The van der Waals surface area contributed by atoms with Gasteiger partial charge in [0.25, 0.3) is 0 Å². The van der Waals surface area contributed by atoms with Gasteiger partial charge in [-0.3, -0.25) is 9.36 Å². The Morgan fingerprint density at radius 1 is 1.08 bits per heavy atom. The van der Waals surface area contributed by atoms with Crippen molar-refractivity contribution in [2.24, 2.45) is 5.73 Å². The lowest BCUT2D eigenvalue weighted by atomic mass is 9.78. The normalized spacial score (nSPS) is 12.8. The van der Waals surface area contributed by atoms with Gasteiger partial charge in [-0.15, -0.1) is 0 Å². The summed E-state index contributed by atoms with van der Waals surface area (Å²) in [6.07, 6.45) is 3.62. The van der Waals surface area contributed by atoms with Crippen LogP contribution < -0.4 is 10.5 Å². The van der Waals surface area contributed by atoms with Gasteiger partial charge in [-0.05, 0) is 82.6 Å². The highest BCUT2D eigenvalue weighted by Gasteiger charge is 2.32. The number of carbonyl (C=O) groups excluding carboxylic acids is 2. The van der Waals surface area contributed by atoms with Gasteiger partial charge in [-0.2, -0.15) is 0 Å². The second-order valence-corrected chi connectivity index (χ2v) is 10.9. The minimum absolute atomic E-state index is 0.00691. The van der Waals surface area contributed by atoms with Gasteiger partial charge in [0.05, 0.1) is 5.52 Å². The molecule has 0 bridgehead atoms. The van der Waals surface area contributed by atoms with Crippen LogP contribution in [0.3, 0.4) is 0 Å². The lowest BCUT2D eigenvalue weighted by Crippen LogP contribution is -2.34. The predicted molar refractivity (Wildman–Crippen MR) is 147 cm³/mol. The highest BCUT2D eigenvalue weighted by molar-refractivity contribution is 5.95. The highest BCUT2D eigenvalue weighted by atomic mass is 16.5. The van der Waals surface area contributed by atoms with E-state index in [2.05, 4.69) is 38.1 Å². The molecule has 0 fully saturated rings. The van der Waals surface area contributed by atoms with Crippen molar-refractivity contribution >= 4 is 22.8 Å². The first-order chi connectivity index (χ1) is 16.8. The van der Waals surface area contributed by atoms with Crippen LogP contribution in [0.4, 0.5) is 0 Å². The fourth-order valence-corrected chi connectivity index (χ4v) is 4.94. The molecule has 6 nitrogen and oxygen atoms in total. The van der Waals surface area contributed by atoms with Crippen LogP contribution in [0.1, 0.15) is 66.2 Å². The van der Waals surface area contributed by atoms with Crippen molar-refractivity contribution in [2.45, 2.75) is 72.3 Å². The first-order valence-electron chi connectivity index (χ1n) is 12.7. The van der Waals surface area contributed by atoms with Crippen LogP contribution >= 0.6 is 0 Å². The van der Waals surface area contributed by atoms with Gasteiger partial charge < -0.3 is 15.4 Å². The maximum Gasteiger partial charge on any atom is 0.328 e. The summed E-state index contributed by atoms with van der Waals surface area (Å²) in [5, 5.41) is 1.12. The molecule has 0 saturated heterocycles. The van der Waals surface area contributed by atoms with Crippen molar-refractivity contribution in [1.82, 2.24) is 9.47 Å². The topological polar surface area (TPSA) is 77.6 Å². The van der Waals surface area contributed by atoms with Crippen molar-refractivity contribution in [3.8, 4) is 5.75 Å². The molecule has 194 valence electrons. The Kier molecular flexibility index (Phi) is 8.42. The molecule has 0 spiro atoms. The Morgan fingerprint density at radius 3 is 2.42 bits per heavy atom. The zero-order valence-electron chi connectivity index (χ0n) is 23.1. The molecule has 1 unspecified atom stereocenters. The molecule has 3 aromatic rings. The Morgan fingerprint density at radius 2 is 1.78 bits per heavy atom. The van der Waals surface area contributed by atoms with Crippen LogP contribution in [-0.2, 0) is 16.6 Å². The molecule has 1 heterocycles. The summed E-state index contributed by atoms with van der Waals surface area (Å²) in [4.78, 5) is 28.5. The summed E-state index contributed by atoms with van der Waals surface area (Å²) in [6, 6.07) is 9.48. The number of fused-ring (bicyclic) bond motifs is 1. The zero-order chi connectivity index (χ0) is 26.8. The van der Waals surface area contributed by atoms with E-state index in [9.17, 15) is 9.59 Å². The number of hydrogen-bond donors (Lipinski definition) is 1. The molecular formula is C30H41N3O3. The van der Waals surface area contributed by atoms with Gasteiger partial charge >= 0.3 is 5.97 Å². The van der Waals surface area contributed by atoms with Crippen molar-refractivity contribution in [3.63, 3.8) is 0 Å². The van der Waals surface area contributed by atoms with E-state index in [1.54, 1.807) is 4.57 Å². The van der Waals surface area contributed by atoms with Gasteiger partial charge in [-0.1, -0.05) is 38.5 Å². The lowest BCUT2D eigenvalue weighted by molar-refractivity contribution is -0.136. The number of aromatic nitrogens is 1. The standard InChI is InChI=1S/C30H41N3O3/c1-9-24(31)29(35)36-26-16-20(3)14-21(4)28(26)30(5,6)17-27(34)33-18-22(12-13-32(7)8)23-15-19(2)10-11-25(23)33/h10-11,14-16,18,24H,9,12-13,17,31H2,1-8H3. The third kappa shape index (κ3) is 6.05. The van der Waals surface area contributed by atoms with E-state index in [0.717, 1.165) is 40.6 Å². The fourth-order valence-electron chi connectivity index (χ4n) is 4.94. The summed E-state index contributed by atoms with van der Waals surface area (Å²) < 4.78 is 7.58. The number of hydrogen-bond acceptors (Lipinski definition) is 5. The van der Waals surface area contributed by atoms with Crippen molar-refractivity contribution < 1.29 is 14.3 Å². The van der Waals surface area contributed by atoms with Gasteiger partial charge in [0, 0.05) is 35.5 Å². The number of esters is 1. The van der Waals surface area contributed by atoms with Crippen LogP contribution in [0.2, 0.25) is 0 Å². The minimum Gasteiger partial charge on any atom is -0.425 e. The molecule has 0 aliphatic heterocycles. The number of nitrogens with zero attached hydrogens (tertiary/aromatic N) is 2. The summed E-state index contributed by atoms with van der Waals surface area (Å²) in [5.74, 6) is 0.0366. The summed E-state index contributed by atoms with van der Waals surface area (Å²) >= 11 is 0. The molecule has 0 saturated carbocycles. The number of carbonyl (C=O) groups is 2. The molecule has 0 radical (unpaired) electrons. The first-order valence-corrected chi connectivity index (χ1v) is 12.7. The number of aryl methyl sites for hydroxylation is 3. The van der Waals surface area contributed by atoms with Gasteiger partial charge in [-0.25, -0.2) is 4.79 Å².